The van der Waals surface area contributed by atoms with E-state index in [0.717, 1.165) is 41.2 Å². The van der Waals surface area contributed by atoms with Gasteiger partial charge in [-0.2, -0.15) is 0 Å². The van der Waals surface area contributed by atoms with E-state index in [9.17, 15) is 4.79 Å². The van der Waals surface area contributed by atoms with Crippen molar-refractivity contribution in [1.29, 1.82) is 0 Å². The van der Waals surface area contributed by atoms with Crippen LogP contribution in [0.15, 0.2) is 61.1 Å². The number of nitrogens with one attached hydrogen (secondary N) is 1. The summed E-state index contributed by atoms with van der Waals surface area (Å²) in [6.45, 7) is 4.46. The Bertz CT molecular complexity index is 1150. The van der Waals surface area contributed by atoms with E-state index in [1.54, 1.807) is 18.6 Å². The van der Waals surface area contributed by atoms with Gasteiger partial charge in [-0.1, -0.05) is 30.3 Å². The molecule has 2 aromatic carbocycles. The predicted octanol–water partition coefficient (Wildman–Crippen LogP) is 4.71. The maximum Gasteiger partial charge on any atom is 0.226 e. The van der Waals surface area contributed by atoms with Crippen LogP contribution in [0.1, 0.15) is 59.9 Å². The Hall–Kier alpha value is -3.32. The van der Waals surface area contributed by atoms with Crippen molar-refractivity contribution in [2.24, 2.45) is 5.92 Å². The summed E-state index contributed by atoms with van der Waals surface area (Å²) in [4.78, 5) is 22.6. The molecule has 1 aliphatic carbocycles. The minimum absolute atomic E-state index is 0.0934. The molecule has 1 fully saturated rings. The summed E-state index contributed by atoms with van der Waals surface area (Å²) < 4.78 is 20.9. The molecule has 1 saturated carbocycles. The second kappa shape index (κ2) is 10.5. The lowest BCUT2D eigenvalue weighted by Crippen LogP contribution is -2.31. The number of nitrogens with zero attached hydrogens (tertiary/aromatic N) is 3. The van der Waals surface area contributed by atoms with Crippen molar-refractivity contribution in [2.45, 2.75) is 51.5 Å². The quantitative estimate of drug-likeness (QED) is 0.486. The molecule has 5 rings (SSSR count). The van der Waals surface area contributed by atoms with Crippen LogP contribution in [0.25, 0.3) is 0 Å². The van der Waals surface area contributed by atoms with Gasteiger partial charge >= 0.3 is 0 Å². The summed E-state index contributed by atoms with van der Waals surface area (Å²) in [5.41, 5.74) is 4.57. The van der Waals surface area contributed by atoms with E-state index in [1.165, 1.54) is 12.8 Å². The summed E-state index contributed by atoms with van der Waals surface area (Å²) in [5, 5.41) is 3.01. The molecule has 0 spiro atoms. The number of aromatic nitrogens is 2. The van der Waals surface area contributed by atoms with Gasteiger partial charge in [0.1, 0.15) is 11.9 Å². The van der Waals surface area contributed by atoms with E-state index in [-0.39, 0.29) is 18.4 Å². The standard InChI is InChI=1S/C28H31FN4O2/c1-19(32-28(34)12-24-14-30-10-11-31-24)22-6-4-20(5-7-22)15-33-16-23-8-9-25(35-18-21-2-3-21)13-26(23)27(29)17-33/h4-11,13-14,19,21,27H,2-3,12,15-18H2,1H3,(H,32,34)/t19-,27?/m0/s1. The zero-order valence-corrected chi connectivity index (χ0v) is 20.0. The number of carbonyl (C=O) groups is 1. The molecule has 1 aliphatic heterocycles. The minimum atomic E-state index is -1.02. The van der Waals surface area contributed by atoms with E-state index in [2.05, 4.69) is 32.3 Å². The van der Waals surface area contributed by atoms with Crippen LogP contribution in [-0.2, 0) is 24.3 Å². The van der Waals surface area contributed by atoms with Gasteiger partial charge in [0, 0.05) is 38.2 Å². The Morgan fingerprint density at radius 2 is 2.03 bits per heavy atom. The van der Waals surface area contributed by atoms with Crippen LogP contribution < -0.4 is 10.1 Å². The van der Waals surface area contributed by atoms with Crippen LogP contribution >= 0.6 is 0 Å². The minimum Gasteiger partial charge on any atom is -0.493 e. The van der Waals surface area contributed by atoms with Crippen molar-refractivity contribution < 1.29 is 13.9 Å². The van der Waals surface area contributed by atoms with Crippen molar-refractivity contribution >= 4 is 5.91 Å². The number of fused-ring (bicyclic) bond motifs is 1. The van der Waals surface area contributed by atoms with E-state index in [4.69, 9.17) is 4.74 Å². The summed E-state index contributed by atoms with van der Waals surface area (Å²) in [5.74, 6) is 1.36. The van der Waals surface area contributed by atoms with Gasteiger partial charge in [0.25, 0.3) is 0 Å². The number of amides is 1. The van der Waals surface area contributed by atoms with Crippen LogP contribution in [0, 0.1) is 5.92 Å². The Kier molecular flexibility index (Phi) is 7.04. The smallest absolute Gasteiger partial charge is 0.226 e. The number of halogens is 1. The fourth-order valence-corrected chi connectivity index (χ4v) is 4.48. The Balaban J connectivity index is 1.15. The highest BCUT2D eigenvalue weighted by atomic mass is 19.1. The first-order valence-corrected chi connectivity index (χ1v) is 12.3. The maximum atomic E-state index is 15.0. The molecule has 0 saturated heterocycles. The molecule has 1 aromatic heterocycles. The predicted molar refractivity (Wildman–Crippen MR) is 131 cm³/mol. The Morgan fingerprint density at radius 1 is 1.20 bits per heavy atom. The first-order chi connectivity index (χ1) is 17.0. The maximum absolute atomic E-state index is 15.0. The van der Waals surface area contributed by atoms with E-state index in [0.29, 0.717) is 24.7 Å². The molecule has 7 heteroatoms. The first kappa shape index (κ1) is 23.4. The van der Waals surface area contributed by atoms with Crippen molar-refractivity contribution in [1.82, 2.24) is 20.2 Å². The molecular formula is C28H31FN4O2. The van der Waals surface area contributed by atoms with Gasteiger partial charge in [0.15, 0.2) is 0 Å². The van der Waals surface area contributed by atoms with Gasteiger partial charge in [-0.3, -0.25) is 19.7 Å². The number of alkyl halides is 1. The van der Waals surface area contributed by atoms with Crippen LogP contribution in [-0.4, -0.2) is 33.9 Å². The fourth-order valence-electron chi connectivity index (χ4n) is 4.48. The highest BCUT2D eigenvalue weighted by Crippen LogP contribution is 2.34. The van der Waals surface area contributed by atoms with Crippen molar-refractivity contribution in [3.63, 3.8) is 0 Å². The highest BCUT2D eigenvalue weighted by Gasteiger charge is 2.26. The number of carbonyl (C=O) groups excluding carboxylic acids is 1. The number of hydrogen-bond donors (Lipinski definition) is 1. The lowest BCUT2D eigenvalue weighted by atomic mass is 9.97. The summed E-state index contributed by atoms with van der Waals surface area (Å²) in [6, 6.07) is 13.9. The van der Waals surface area contributed by atoms with Crippen LogP contribution in [0.3, 0.4) is 0 Å². The van der Waals surface area contributed by atoms with Crippen molar-refractivity contribution in [3.05, 3.63) is 89.0 Å². The number of rotatable bonds is 9. The van der Waals surface area contributed by atoms with Gasteiger partial charge in [-0.05, 0) is 60.1 Å². The van der Waals surface area contributed by atoms with Crippen LogP contribution in [0.4, 0.5) is 4.39 Å². The third-order valence-electron chi connectivity index (χ3n) is 6.67. The molecule has 2 heterocycles. The molecule has 1 unspecified atom stereocenters. The molecule has 1 N–H and O–H groups in total. The molecular weight excluding hydrogens is 443 g/mol. The molecule has 182 valence electrons. The average molecular weight is 475 g/mol. The molecule has 35 heavy (non-hydrogen) atoms. The second-order valence-electron chi connectivity index (χ2n) is 9.66. The summed E-state index contributed by atoms with van der Waals surface area (Å²) in [7, 11) is 0. The van der Waals surface area contributed by atoms with E-state index >= 15 is 4.39 Å². The first-order valence-electron chi connectivity index (χ1n) is 12.3. The Labute approximate surface area is 205 Å². The van der Waals surface area contributed by atoms with Crippen molar-refractivity contribution in [3.8, 4) is 5.75 Å². The fraction of sp³-hybridized carbons (Fsp3) is 0.393. The number of ether oxygens (including phenoxy) is 1. The van der Waals surface area contributed by atoms with Crippen molar-refractivity contribution in [2.75, 3.05) is 13.2 Å². The summed E-state index contributed by atoms with van der Waals surface area (Å²) >= 11 is 0. The molecule has 0 radical (unpaired) electrons. The average Bonchev–Trinajstić information content (AvgIpc) is 3.68. The molecule has 2 aliphatic rings. The second-order valence-corrected chi connectivity index (χ2v) is 9.66. The van der Waals surface area contributed by atoms with E-state index < -0.39 is 6.17 Å². The summed E-state index contributed by atoms with van der Waals surface area (Å²) in [6.07, 6.45) is 6.43. The van der Waals surface area contributed by atoms with Crippen LogP contribution in [0.2, 0.25) is 0 Å². The largest absolute Gasteiger partial charge is 0.493 e. The monoisotopic (exact) mass is 474 g/mol. The molecule has 3 aromatic rings. The van der Waals surface area contributed by atoms with Gasteiger partial charge in [0.2, 0.25) is 5.91 Å². The van der Waals surface area contributed by atoms with Gasteiger partial charge in [-0.15, -0.1) is 0 Å². The zero-order chi connectivity index (χ0) is 24.2. The van der Waals surface area contributed by atoms with Gasteiger partial charge in [0.05, 0.1) is 24.8 Å². The molecule has 2 atom stereocenters. The van der Waals surface area contributed by atoms with Crippen LogP contribution in [0.5, 0.6) is 5.75 Å². The highest BCUT2D eigenvalue weighted by molar-refractivity contribution is 5.78. The van der Waals surface area contributed by atoms with Gasteiger partial charge in [-0.25, -0.2) is 4.39 Å². The zero-order valence-electron chi connectivity index (χ0n) is 20.0. The number of benzene rings is 2. The lowest BCUT2D eigenvalue weighted by Gasteiger charge is -2.31. The third-order valence-corrected chi connectivity index (χ3v) is 6.67. The topological polar surface area (TPSA) is 67.4 Å². The normalized spacial score (nSPS) is 18.5. The lowest BCUT2D eigenvalue weighted by molar-refractivity contribution is -0.121. The third kappa shape index (κ3) is 6.22. The molecule has 1 amide bonds. The molecule has 0 bridgehead atoms. The SMILES string of the molecule is C[C@H](NC(=O)Cc1cnccn1)c1ccc(CN2Cc3ccc(OCC4CC4)cc3C(F)C2)cc1. The molecule has 6 nitrogen and oxygen atoms in total. The van der Waals surface area contributed by atoms with Gasteiger partial charge < -0.3 is 10.1 Å². The van der Waals surface area contributed by atoms with E-state index in [1.807, 2.05) is 37.3 Å². The Morgan fingerprint density at radius 3 is 2.77 bits per heavy atom. The number of hydrogen-bond acceptors (Lipinski definition) is 5.